The third-order valence-electron chi connectivity index (χ3n) is 5.00. The molecule has 3 aromatic rings. The predicted octanol–water partition coefficient (Wildman–Crippen LogP) is 4.39. The third kappa shape index (κ3) is 6.04. The van der Waals surface area contributed by atoms with Gasteiger partial charge in [0.1, 0.15) is 11.6 Å². The number of fused-ring (bicyclic) bond motifs is 1. The Morgan fingerprint density at radius 1 is 1.12 bits per heavy atom. The summed E-state index contributed by atoms with van der Waals surface area (Å²) in [6, 6.07) is 15.3. The van der Waals surface area contributed by atoms with E-state index in [1.807, 2.05) is 30.5 Å². The van der Waals surface area contributed by atoms with Gasteiger partial charge < -0.3 is 25.1 Å². The first-order valence-electron chi connectivity index (χ1n) is 10.6. The Kier molecular flexibility index (Phi) is 7.23. The number of nitrogens with zero attached hydrogens (tertiary/aromatic N) is 1. The molecule has 0 radical (unpaired) electrons. The van der Waals surface area contributed by atoms with Crippen molar-refractivity contribution >= 4 is 28.7 Å². The number of H-pyrrole nitrogens is 1. The lowest BCUT2D eigenvalue weighted by Gasteiger charge is -2.27. The molecule has 0 fully saturated rings. The number of nitriles is 1. The summed E-state index contributed by atoms with van der Waals surface area (Å²) in [6.45, 7) is 5.32. The molecule has 0 saturated heterocycles. The summed E-state index contributed by atoms with van der Waals surface area (Å²) in [5, 5.41) is 16.9. The maximum absolute atomic E-state index is 12.6. The van der Waals surface area contributed by atoms with E-state index in [9.17, 15) is 14.9 Å². The Hall–Kier alpha value is -3.99. The smallest absolute Gasteiger partial charge is 0.407 e. The Morgan fingerprint density at radius 2 is 1.82 bits per heavy atom. The molecule has 1 unspecified atom stereocenters. The van der Waals surface area contributed by atoms with Crippen LogP contribution in [0, 0.1) is 11.3 Å². The number of nitrogens with one attached hydrogen (secondary N) is 3. The third-order valence-corrected chi connectivity index (χ3v) is 5.00. The van der Waals surface area contributed by atoms with Gasteiger partial charge in [0.2, 0.25) is 0 Å². The minimum absolute atomic E-state index is 0.295. The summed E-state index contributed by atoms with van der Waals surface area (Å²) in [7, 11) is 1.30. The number of esters is 1. The highest BCUT2D eigenvalue weighted by molar-refractivity contribution is 5.95. The number of benzene rings is 2. The molecule has 2 atom stereocenters. The van der Waals surface area contributed by atoms with Gasteiger partial charge in [-0.2, -0.15) is 5.26 Å². The van der Waals surface area contributed by atoms with E-state index in [2.05, 4.69) is 21.7 Å². The topological polar surface area (TPSA) is 116 Å². The van der Waals surface area contributed by atoms with Gasteiger partial charge in [-0.25, -0.2) is 9.59 Å². The maximum Gasteiger partial charge on any atom is 0.407 e. The van der Waals surface area contributed by atoms with E-state index in [1.165, 1.54) is 7.11 Å². The quantitative estimate of drug-likeness (QED) is 0.462. The summed E-state index contributed by atoms with van der Waals surface area (Å²) in [6.07, 6.45) is 1.59. The Morgan fingerprint density at radius 3 is 2.52 bits per heavy atom. The maximum atomic E-state index is 12.6. The molecule has 1 aromatic heterocycles. The average Bonchev–Trinajstić information content (AvgIpc) is 3.18. The number of hydrogen-bond donors (Lipinski definition) is 3. The second-order valence-electron chi connectivity index (χ2n) is 8.60. The molecule has 0 bridgehead atoms. The SMILES string of the molecule is COC(=O)c1ccccc1NC(C#N)[C@H](Cc1c[nH]c2ccccc12)NC(=O)OC(C)(C)C. The number of carbonyl (C=O) groups is 2. The van der Waals surface area contributed by atoms with Gasteiger partial charge in [0.15, 0.2) is 0 Å². The molecule has 0 aliphatic rings. The lowest BCUT2D eigenvalue weighted by atomic mass is 9.99. The molecule has 0 aliphatic carbocycles. The highest BCUT2D eigenvalue weighted by Crippen LogP contribution is 2.23. The van der Waals surface area contributed by atoms with Gasteiger partial charge in [-0.05, 0) is 51.0 Å². The van der Waals surface area contributed by atoms with Gasteiger partial charge in [0.05, 0.1) is 24.8 Å². The first kappa shape index (κ1) is 23.7. The fourth-order valence-corrected chi connectivity index (χ4v) is 3.54. The molecule has 8 nitrogen and oxygen atoms in total. The van der Waals surface area contributed by atoms with E-state index >= 15 is 0 Å². The second kappa shape index (κ2) is 10.1. The molecule has 33 heavy (non-hydrogen) atoms. The number of para-hydroxylation sites is 2. The number of amides is 1. The lowest BCUT2D eigenvalue weighted by molar-refractivity contribution is 0.0501. The number of alkyl carbamates (subject to hydrolysis) is 1. The first-order valence-corrected chi connectivity index (χ1v) is 10.6. The van der Waals surface area contributed by atoms with E-state index in [0.717, 1.165) is 16.5 Å². The van der Waals surface area contributed by atoms with Crippen molar-refractivity contribution in [3.05, 3.63) is 65.9 Å². The van der Waals surface area contributed by atoms with Crippen LogP contribution in [0.15, 0.2) is 54.7 Å². The highest BCUT2D eigenvalue weighted by Gasteiger charge is 2.28. The Balaban J connectivity index is 1.92. The fourth-order valence-electron chi connectivity index (χ4n) is 3.54. The van der Waals surface area contributed by atoms with Crippen LogP contribution in [0.5, 0.6) is 0 Å². The molecule has 0 spiro atoms. The zero-order valence-electron chi connectivity index (χ0n) is 19.1. The number of ether oxygens (including phenoxy) is 2. The summed E-state index contributed by atoms with van der Waals surface area (Å²) < 4.78 is 10.3. The summed E-state index contributed by atoms with van der Waals surface area (Å²) in [4.78, 5) is 28.0. The summed E-state index contributed by atoms with van der Waals surface area (Å²) >= 11 is 0. The Labute approximate surface area is 192 Å². The number of methoxy groups -OCH3 is 1. The molecule has 0 saturated carbocycles. The highest BCUT2D eigenvalue weighted by atomic mass is 16.6. The second-order valence-corrected chi connectivity index (χ2v) is 8.60. The van der Waals surface area contributed by atoms with Crippen LogP contribution >= 0.6 is 0 Å². The minimum atomic E-state index is -0.864. The van der Waals surface area contributed by atoms with Crippen LogP contribution in [-0.2, 0) is 15.9 Å². The van der Waals surface area contributed by atoms with Crippen molar-refractivity contribution in [2.45, 2.75) is 44.9 Å². The first-order chi connectivity index (χ1) is 15.7. The molecule has 1 heterocycles. The number of aromatic nitrogens is 1. The van der Waals surface area contributed by atoms with Gasteiger partial charge in [-0.3, -0.25) is 0 Å². The van der Waals surface area contributed by atoms with Crippen molar-refractivity contribution in [2.24, 2.45) is 0 Å². The monoisotopic (exact) mass is 448 g/mol. The van der Waals surface area contributed by atoms with E-state index in [4.69, 9.17) is 9.47 Å². The van der Waals surface area contributed by atoms with Gasteiger partial charge in [-0.1, -0.05) is 30.3 Å². The van der Waals surface area contributed by atoms with Crippen LogP contribution in [0.3, 0.4) is 0 Å². The van der Waals surface area contributed by atoms with Crippen LogP contribution in [-0.4, -0.2) is 41.8 Å². The number of aromatic amines is 1. The molecule has 172 valence electrons. The number of anilines is 1. The van der Waals surface area contributed by atoms with E-state index in [-0.39, 0.29) is 0 Å². The van der Waals surface area contributed by atoms with Crippen molar-refractivity contribution in [1.29, 1.82) is 5.26 Å². The van der Waals surface area contributed by atoms with Crippen molar-refractivity contribution in [3.63, 3.8) is 0 Å². The Bertz CT molecular complexity index is 1170. The van der Waals surface area contributed by atoms with Gasteiger partial charge >= 0.3 is 12.1 Å². The van der Waals surface area contributed by atoms with E-state index < -0.39 is 29.7 Å². The van der Waals surface area contributed by atoms with E-state index in [1.54, 1.807) is 45.0 Å². The minimum Gasteiger partial charge on any atom is -0.465 e. The number of rotatable bonds is 7. The molecule has 8 heteroatoms. The van der Waals surface area contributed by atoms with Crippen LogP contribution < -0.4 is 10.6 Å². The standard InChI is InChI=1S/C25H28N4O4/c1-25(2,3)33-24(31)29-21(13-16-15-27-19-11-7-5-9-17(16)19)22(14-26)28-20-12-8-6-10-18(20)23(30)32-4/h5-12,15,21-22,27-28H,13H2,1-4H3,(H,29,31)/t21-,22?/m0/s1. The fraction of sp³-hybridized carbons (Fsp3) is 0.320. The van der Waals surface area contributed by atoms with Crippen molar-refractivity contribution in [2.75, 3.05) is 12.4 Å². The van der Waals surface area contributed by atoms with Gasteiger partial charge in [-0.15, -0.1) is 0 Å². The largest absolute Gasteiger partial charge is 0.465 e. The summed E-state index contributed by atoms with van der Waals surface area (Å²) in [5.74, 6) is -0.525. The van der Waals surface area contributed by atoms with Gasteiger partial charge in [0, 0.05) is 22.8 Å². The lowest BCUT2D eigenvalue weighted by Crippen LogP contribution is -2.49. The van der Waals surface area contributed by atoms with Gasteiger partial charge in [0.25, 0.3) is 0 Å². The zero-order chi connectivity index (χ0) is 24.0. The van der Waals surface area contributed by atoms with Crippen LogP contribution in [0.4, 0.5) is 10.5 Å². The molecule has 0 aliphatic heterocycles. The zero-order valence-corrected chi connectivity index (χ0v) is 19.1. The average molecular weight is 449 g/mol. The molecular formula is C25H28N4O4. The van der Waals surface area contributed by atoms with Crippen LogP contribution in [0.25, 0.3) is 10.9 Å². The van der Waals surface area contributed by atoms with Crippen molar-refractivity contribution in [1.82, 2.24) is 10.3 Å². The van der Waals surface area contributed by atoms with Crippen LogP contribution in [0.1, 0.15) is 36.7 Å². The molecule has 3 rings (SSSR count). The number of hydrogen-bond acceptors (Lipinski definition) is 6. The number of carbonyl (C=O) groups excluding carboxylic acids is 2. The van der Waals surface area contributed by atoms with Crippen molar-refractivity contribution < 1.29 is 19.1 Å². The normalized spacial score (nSPS) is 12.9. The molecular weight excluding hydrogens is 420 g/mol. The molecule has 1 amide bonds. The summed E-state index contributed by atoms with van der Waals surface area (Å²) in [5.41, 5.74) is 1.94. The van der Waals surface area contributed by atoms with Crippen molar-refractivity contribution in [3.8, 4) is 6.07 Å². The molecule has 2 aromatic carbocycles. The van der Waals surface area contributed by atoms with E-state index in [0.29, 0.717) is 17.7 Å². The van der Waals surface area contributed by atoms with Crippen LogP contribution in [0.2, 0.25) is 0 Å². The predicted molar refractivity (Wildman–Crippen MR) is 126 cm³/mol. The molecule has 3 N–H and O–H groups in total.